The maximum absolute atomic E-state index is 6.46. The van der Waals surface area contributed by atoms with E-state index in [1.807, 2.05) is 0 Å². The Morgan fingerprint density at radius 1 is 0.795 bits per heavy atom. The predicted molar refractivity (Wildman–Crippen MR) is 159 cm³/mol. The van der Waals surface area contributed by atoms with E-state index >= 15 is 0 Å². The first-order valence-corrected chi connectivity index (χ1v) is 14.9. The van der Waals surface area contributed by atoms with Gasteiger partial charge in [-0.2, -0.15) is 0 Å². The summed E-state index contributed by atoms with van der Waals surface area (Å²) in [7, 11) is 1.78. The molecule has 0 saturated heterocycles. The maximum Gasteiger partial charge on any atom is 0.136 e. The number of fused-ring (bicyclic) bond motifs is 5. The Morgan fingerprint density at radius 2 is 1.49 bits per heavy atom. The molecule has 3 saturated carbocycles. The van der Waals surface area contributed by atoms with E-state index in [1.54, 1.807) is 7.11 Å². The van der Waals surface area contributed by atoms with E-state index < -0.39 is 0 Å². The number of hydrogen-bond acceptors (Lipinski definition) is 3. The lowest BCUT2D eigenvalue weighted by Crippen LogP contribution is -2.42. The molecule has 3 aliphatic carbocycles. The van der Waals surface area contributed by atoms with Gasteiger partial charge in [0.05, 0.1) is 12.8 Å². The Kier molecular flexibility index (Phi) is 5.18. The van der Waals surface area contributed by atoms with Crippen LogP contribution < -0.4 is 4.74 Å². The summed E-state index contributed by atoms with van der Waals surface area (Å²) < 4.78 is 6.01. The van der Waals surface area contributed by atoms with Gasteiger partial charge in [-0.25, -0.2) is 0 Å². The first-order chi connectivity index (χ1) is 19.1. The van der Waals surface area contributed by atoms with Crippen molar-refractivity contribution in [3.05, 3.63) is 78.4 Å². The molecule has 4 aromatic rings. The number of hydrogen-bond donors (Lipinski definition) is 0. The van der Waals surface area contributed by atoms with Crippen molar-refractivity contribution in [3.8, 4) is 16.9 Å². The molecule has 0 N–H and O–H groups in total. The molecular weight excluding hydrogens is 478 g/mol. The maximum atomic E-state index is 6.46. The summed E-state index contributed by atoms with van der Waals surface area (Å²) in [5, 5.41) is 9.76. The zero-order valence-corrected chi connectivity index (χ0v) is 23.2. The number of ether oxygens (including phenoxy) is 1. The number of rotatable bonds is 4. The van der Waals surface area contributed by atoms with Crippen molar-refractivity contribution in [2.75, 3.05) is 7.11 Å². The average molecular weight is 516 g/mol. The molecule has 0 bridgehead atoms. The van der Waals surface area contributed by atoms with Gasteiger partial charge in [-0.05, 0) is 76.0 Å². The van der Waals surface area contributed by atoms with Gasteiger partial charge in [0.25, 0.3) is 0 Å². The van der Waals surface area contributed by atoms with E-state index in [9.17, 15) is 0 Å². The van der Waals surface area contributed by atoms with Crippen LogP contribution in [0.25, 0.3) is 32.7 Å². The van der Waals surface area contributed by atoms with E-state index in [0.29, 0.717) is 11.3 Å². The van der Waals surface area contributed by atoms with Gasteiger partial charge in [0, 0.05) is 29.0 Å². The van der Waals surface area contributed by atoms with Crippen LogP contribution in [0.1, 0.15) is 51.5 Å². The summed E-state index contributed by atoms with van der Waals surface area (Å²) >= 11 is 0. The van der Waals surface area contributed by atoms with Gasteiger partial charge in [-0.3, -0.25) is 0 Å². The van der Waals surface area contributed by atoms with Crippen molar-refractivity contribution in [2.24, 2.45) is 40.2 Å². The van der Waals surface area contributed by atoms with Gasteiger partial charge >= 0.3 is 0 Å². The van der Waals surface area contributed by atoms with Crippen LogP contribution in [0.4, 0.5) is 0 Å². The Balaban J connectivity index is 1.25. The van der Waals surface area contributed by atoms with Crippen LogP contribution in [0, 0.1) is 35.0 Å². The summed E-state index contributed by atoms with van der Waals surface area (Å²) in [4.78, 5) is 6.46. The van der Waals surface area contributed by atoms with E-state index in [2.05, 4.69) is 86.6 Å². The first kappa shape index (κ1) is 23.5. The van der Waals surface area contributed by atoms with Crippen molar-refractivity contribution in [1.82, 2.24) is 0 Å². The monoisotopic (exact) mass is 515 g/mol. The van der Waals surface area contributed by atoms with Crippen LogP contribution in [-0.2, 0) is 4.84 Å². The quantitative estimate of drug-likeness (QED) is 0.272. The number of methoxy groups -OCH3 is 1. The molecule has 0 aromatic heterocycles. The summed E-state index contributed by atoms with van der Waals surface area (Å²) in [6, 6.07) is 26.1. The molecule has 4 aromatic carbocycles. The minimum absolute atomic E-state index is 0.189. The third kappa shape index (κ3) is 3.25. The molecule has 7 atom stereocenters. The SMILES string of the molecule is COc1ccc2ccccc2c1-c1c(C2=NO[C@@H](C3[C@@H]4[C@H](C)CC[C@@H]4[C@@]4(C)CC[C@@H]34)C2)ccc2ccccc12. The van der Waals surface area contributed by atoms with Crippen molar-refractivity contribution in [3.63, 3.8) is 0 Å². The van der Waals surface area contributed by atoms with Gasteiger partial charge < -0.3 is 9.57 Å². The third-order valence-corrected chi connectivity index (χ3v) is 11.4. The summed E-state index contributed by atoms with van der Waals surface area (Å²) in [5.41, 5.74) is 5.14. The van der Waals surface area contributed by atoms with Gasteiger partial charge in [0.1, 0.15) is 11.9 Å². The fourth-order valence-electron chi connectivity index (χ4n) is 9.50. The molecule has 3 nitrogen and oxygen atoms in total. The van der Waals surface area contributed by atoms with Crippen LogP contribution in [0.5, 0.6) is 5.75 Å². The lowest BCUT2D eigenvalue weighted by Gasteiger charge is -2.48. The second-order valence-corrected chi connectivity index (χ2v) is 12.9. The largest absolute Gasteiger partial charge is 0.496 e. The summed E-state index contributed by atoms with van der Waals surface area (Å²) in [6.07, 6.45) is 6.64. The normalized spacial score (nSPS) is 32.9. The van der Waals surface area contributed by atoms with Gasteiger partial charge in [-0.15, -0.1) is 0 Å². The standard InChI is InChI=1S/C36H37NO2/c1-21-12-16-27-32(21)35(28-18-19-36(27,28)2)31-20-29(37-39-31)26-15-13-22-8-4-6-10-24(22)33(26)34-25-11-7-5-9-23(25)14-17-30(34)38-3/h4-11,13-15,17,21,27-28,31-32,35H,12,16,18-20H2,1-3H3/t21-,27+,28+,31-,32-,35?,36-/m1/s1. The van der Waals surface area contributed by atoms with Crippen LogP contribution in [-0.4, -0.2) is 18.9 Å². The number of benzene rings is 4. The van der Waals surface area contributed by atoms with Gasteiger partial charge in [-0.1, -0.05) is 92.2 Å². The topological polar surface area (TPSA) is 30.8 Å². The Bertz CT molecular complexity index is 1640. The van der Waals surface area contributed by atoms with Crippen LogP contribution in [0.15, 0.2) is 78.0 Å². The first-order valence-electron chi connectivity index (χ1n) is 14.9. The summed E-state index contributed by atoms with van der Waals surface area (Å²) in [6.45, 7) is 5.08. The Labute approximate surface area is 231 Å². The second kappa shape index (κ2) is 8.58. The van der Waals surface area contributed by atoms with Gasteiger partial charge in [0.15, 0.2) is 0 Å². The molecule has 1 unspecified atom stereocenters. The second-order valence-electron chi connectivity index (χ2n) is 12.9. The minimum atomic E-state index is 0.189. The van der Waals surface area contributed by atoms with Crippen molar-refractivity contribution < 1.29 is 9.57 Å². The lowest BCUT2D eigenvalue weighted by molar-refractivity contribution is -0.0401. The molecule has 0 amide bonds. The van der Waals surface area contributed by atoms with E-state index in [0.717, 1.165) is 47.1 Å². The summed E-state index contributed by atoms with van der Waals surface area (Å²) in [5.74, 6) is 4.78. The Hall–Kier alpha value is -3.33. The highest BCUT2D eigenvalue weighted by molar-refractivity contribution is 6.17. The molecule has 8 rings (SSSR count). The molecule has 3 fully saturated rings. The van der Waals surface area contributed by atoms with E-state index in [4.69, 9.17) is 14.7 Å². The molecule has 0 spiro atoms. The zero-order chi connectivity index (χ0) is 26.3. The van der Waals surface area contributed by atoms with Crippen LogP contribution in [0.3, 0.4) is 0 Å². The number of oxime groups is 1. The molecule has 1 heterocycles. The fraction of sp³-hybridized carbons (Fsp3) is 0.417. The zero-order valence-electron chi connectivity index (χ0n) is 23.2. The average Bonchev–Trinajstić information content (AvgIpc) is 3.64. The molecule has 39 heavy (non-hydrogen) atoms. The molecular formula is C36H37NO2. The Morgan fingerprint density at radius 3 is 2.21 bits per heavy atom. The molecule has 1 aliphatic heterocycles. The molecule has 3 heteroatoms. The highest BCUT2D eigenvalue weighted by Crippen LogP contribution is 2.71. The fourth-order valence-corrected chi connectivity index (χ4v) is 9.50. The van der Waals surface area contributed by atoms with Crippen LogP contribution >= 0.6 is 0 Å². The molecule has 4 aliphatic rings. The molecule has 198 valence electrons. The number of nitrogens with zero attached hydrogens (tertiary/aromatic N) is 1. The lowest BCUT2D eigenvalue weighted by atomic mass is 9.57. The van der Waals surface area contributed by atoms with Crippen LogP contribution in [0.2, 0.25) is 0 Å². The third-order valence-electron chi connectivity index (χ3n) is 11.4. The highest BCUT2D eigenvalue weighted by Gasteiger charge is 2.66. The van der Waals surface area contributed by atoms with E-state index in [1.165, 1.54) is 58.4 Å². The van der Waals surface area contributed by atoms with Gasteiger partial charge in [0.2, 0.25) is 0 Å². The minimum Gasteiger partial charge on any atom is -0.496 e. The molecule has 0 radical (unpaired) electrons. The predicted octanol–water partition coefficient (Wildman–Crippen LogP) is 8.87. The van der Waals surface area contributed by atoms with Crippen molar-refractivity contribution in [1.29, 1.82) is 0 Å². The van der Waals surface area contributed by atoms with E-state index in [-0.39, 0.29) is 6.10 Å². The van der Waals surface area contributed by atoms with Crippen molar-refractivity contribution >= 4 is 27.3 Å². The highest BCUT2D eigenvalue weighted by atomic mass is 16.6. The van der Waals surface area contributed by atoms with Crippen molar-refractivity contribution in [2.45, 2.75) is 52.1 Å². The smallest absolute Gasteiger partial charge is 0.136 e.